The Kier molecular flexibility index (Phi) is 30.8. The lowest BCUT2D eigenvalue weighted by molar-refractivity contribution is -0.162. The minimum atomic E-state index is -1.12. The van der Waals surface area contributed by atoms with Crippen LogP contribution in [-0.2, 0) is 47.7 Å². The summed E-state index contributed by atoms with van der Waals surface area (Å²) < 4.78 is 23.2. The molecule has 0 aliphatic carbocycles. The second-order valence-corrected chi connectivity index (χ2v) is 8.94. The number of hydrogen-bond donors (Lipinski definition) is 0. The summed E-state index contributed by atoms with van der Waals surface area (Å²) in [4.78, 5) is 56.1. The maximum atomic E-state index is 11.6. The largest absolute Gasteiger partial charge is 0.466 e. The molecule has 0 amide bonds. The van der Waals surface area contributed by atoms with Crippen molar-refractivity contribution in [1.29, 1.82) is 0 Å². The Bertz CT molecular complexity index is 1040. The van der Waals surface area contributed by atoms with E-state index in [1.165, 1.54) is 12.8 Å². The first-order valence-corrected chi connectivity index (χ1v) is 15.0. The average Bonchev–Trinajstić information content (AvgIpc) is 3.05. The Labute approximate surface area is 268 Å². The van der Waals surface area contributed by atoms with Gasteiger partial charge in [0.15, 0.2) is 6.10 Å². The van der Waals surface area contributed by atoms with E-state index in [-0.39, 0.29) is 13.0 Å². The van der Waals surface area contributed by atoms with Gasteiger partial charge in [-0.05, 0) is 38.5 Å². The van der Waals surface area contributed by atoms with Crippen LogP contribution in [0.3, 0.4) is 0 Å². The summed E-state index contributed by atoms with van der Waals surface area (Å²) >= 11 is 0. The highest BCUT2D eigenvalue weighted by Crippen LogP contribution is 2.01. The van der Waals surface area contributed by atoms with Crippen molar-refractivity contribution >= 4 is 29.8 Å². The lowest BCUT2D eigenvalue weighted by Crippen LogP contribution is -2.30. The van der Waals surface area contributed by atoms with Crippen molar-refractivity contribution in [2.24, 2.45) is 0 Å². The molecule has 45 heavy (non-hydrogen) atoms. The Morgan fingerprint density at radius 3 is 1.40 bits per heavy atom. The molecule has 0 aromatic heterocycles. The van der Waals surface area contributed by atoms with Crippen LogP contribution in [0, 0.1) is 0 Å². The molecule has 0 spiro atoms. The SMILES string of the molecule is CC/C=C\C/C=C\C/C=C\C/C=C\C/C=C\CCC.CCC(=O)OCC(COC(=O)/C=C/C(=O)OC)OC(=O)/C=C/C(=O)OC. The summed E-state index contributed by atoms with van der Waals surface area (Å²) in [6.07, 6.45) is 32.4. The maximum absolute atomic E-state index is 11.6. The average molecular weight is 631 g/mol. The van der Waals surface area contributed by atoms with Gasteiger partial charge >= 0.3 is 29.8 Å². The highest BCUT2D eigenvalue weighted by molar-refractivity contribution is 5.92. The van der Waals surface area contributed by atoms with E-state index >= 15 is 0 Å². The van der Waals surface area contributed by atoms with Crippen molar-refractivity contribution in [3.8, 4) is 0 Å². The molecule has 250 valence electrons. The van der Waals surface area contributed by atoms with Crippen LogP contribution in [0.1, 0.15) is 72.1 Å². The predicted octanol–water partition coefficient (Wildman–Crippen LogP) is 6.39. The molecule has 0 saturated heterocycles. The summed E-state index contributed by atoms with van der Waals surface area (Å²) in [5, 5.41) is 0. The fourth-order valence-corrected chi connectivity index (χ4v) is 2.77. The maximum Gasteiger partial charge on any atom is 0.331 e. The van der Waals surface area contributed by atoms with Crippen LogP contribution in [0.4, 0.5) is 0 Å². The molecule has 0 N–H and O–H groups in total. The van der Waals surface area contributed by atoms with E-state index in [2.05, 4.69) is 84.1 Å². The van der Waals surface area contributed by atoms with Gasteiger partial charge in [-0.3, -0.25) is 4.79 Å². The number of unbranched alkanes of at least 4 members (excludes halogenated alkanes) is 1. The van der Waals surface area contributed by atoms with Gasteiger partial charge in [0.25, 0.3) is 0 Å². The zero-order chi connectivity index (χ0) is 34.0. The molecule has 1 unspecified atom stereocenters. The molecule has 0 bridgehead atoms. The lowest BCUT2D eigenvalue weighted by atomic mass is 10.2. The lowest BCUT2D eigenvalue weighted by Gasteiger charge is -2.16. The smallest absolute Gasteiger partial charge is 0.331 e. The van der Waals surface area contributed by atoms with Crippen molar-refractivity contribution in [2.75, 3.05) is 27.4 Å². The first-order valence-electron chi connectivity index (χ1n) is 15.0. The fraction of sp³-hybridized carbons (Fsp3) is 0.457. The second-order valence-electron chi connectivity index (χ2n) is 8.94. The molecule has 0 radical (unpaired) electrons. The zero-order valence-electron chi connectivity index (χ0n) is 27.3. The topological polar surface area (TPSA) is 132 Å². The quantitative estimate of drug-likeness (QED) is 0.0608. The van der Waals surface area contributed by atoms with Crippen LogP contribution < -0.4 is 0 Å². The van der Waals surface area contributed by atoms with Crippen LogP contribution in [0.5, 0.6) is 0 Å². The van der Waals surface area contributed by atoms with E-state index in [0.29, 0.717) is 0 Å². The molecular weight excluding hydrogens is 580 g/mol. The third-order valence-electron chi connectivity index (χ3n) is 5.14. The van der Waals surface area contributed by atoms with E-state index < -0.39 is 42.6 Å². The molecule has 0 aliphatic rings. The summed E-state index contributed by atoms with van der Waals surface area (Å²) in [5.41, 5.74) is 0. The fourth-order valence-electron chi connectivity index (χ4n) is 2.77. The number of esters is 5. The van der Waals surface area contributed by atoms with E-state index in [9.17, 15) is 24.0 Å². The van der Waals surface area contributed by atoms with Crippen molar-refractivity contribution in [2.45, 2.75) is 78.2 Å². The monoisotopic (exact) mass is 630 g/mol. The van der Waals surface area contributed by atoms with E-state index in [1.54, 1.807) is 6.92 Å². The minimum absolute atomic E-state index is 0.102. The Morgan fingerprint density at radius 2 is 0.956 bits per heavy atom. The standard InChI is InChI=1S/C19H30.C16H20O10/c1-3-5-7-9-11-13-15-17-19-18-16-14-12-10-8-6-4-2;1-4-12(17)24-9-11(26-16(21)8-6-14(19)23-3)10-25-15(20)7-5-13(18)22-2/h5,7-8,10-11,13-14,16-17,19H,3-4,6,9,12,15,18H2,1-2H3;5-8,11H,4,9-10H2,1-3H3/b7-5-,10-8-,13-11-,16-14-,19-17-;7-5+,8-6+. The summed E-state index contributed by atoms with van der Waals surface area (Å²) in [5.74, 6) is -3.91. The highest BCUT2D eigenvalue weighted by Gasteiger charge is 2.18. The molecule has 0 heterocycles. The van der Waals surface area contributed by atoms with E-state index in [4.69, 9.17) is 14.2 Å². The molecule has 0 aliphatic heterocycles. The molecule has 0 aromatic carbocycles. The Balaban J connectivity index is 0. The summed E-state index contributed by atoms with van der Waals surface area (Å²) in [6, 6.07) is 0. The number of carbonyl (C=O) groups excluding carboxylic acids is 5. The first kappa shape index (κ1) is 42.7. The predicted molar refractivity (Wildman–Crippen MR) is 174 cm³/mol. The van der Waals surface area contributed by atoms with Crippen molar-refractivity contribution in [3.05, 3.63) is 85.1 Å². The number of carbonyl (C=O) groups is 5. The van der Waals surface area contributed by atoms with Crippen molar-refractivity contribution in [3.63, 3.8) is 0 Å². The van der Waals surface area contributed by atoms with Gasteiger partial charge in [0.05, 0.1) is 14.2 Å². The van der Waals surface area contributed by atoms with Crippen LogP contribution >= 0.6 is 0 Å². The molecular formula is C35H50O10. The van der Waals surface area contributed by atoms with Gasteiger partial charge in [0, 0.05) is 30.7 Å². The highest BCUT2D eigenvalue weighted by atomic mass is 16.6. The third kappa shape index (κ3) is 32.3. The van der Waals surface area contributed by atoms with Crippen molar-refractivity contribution in [1.82, 2.24) is 0 Å². The van der Waals surface area contributed by atoms with Gasteiger partial charge < -0.3 is 23.7 Å². The van der Waals surface area contributed by atoms with Gasteiger partial charge in [0.1, 0.15) is 13.2 Å². The van der Waals surface area contributed by atoms with Crippen LogP contribution in [-0.4, -0.2) is 63.4 Å². The normalized spacial score (nSPS) is 12.3. The molecule has 10 nitrogen and oxygen atoms in total. The van der Waals surface area contributed by atoms with Crippen LogP contribution in [0.2, 0.25) is 0 Å². The van der Waals surface area contributed by atoms with Crippen LogP contribution in [0.15, 0.2) is 85.1 Å². The number of rotatable bonds is 21. The van der Waals surface area contributed by atoms with Gasteiger partial charge in [-0.25, -0.2) is 19.2 Å². The molecule has 0 saturated carbocycles. The van der Waals surface area contributed by atoms with E-state index in [1.807, 2.05) is 0 Å². The zero-order valence-corrected chi connectivity index (χ0v) is 27.3. The number of allylic oxidation sites excluding steroid dienone is 10. The summed E-state index contributed by atoms with van der Waals surface area (Å²) in [7, 11) is 2.27. The first-order chi connectivity index (χ1) is 21.7. The second kappa shape index (κ2) is 32.4. The number of hydrogen-bond acceptors (Lipinski definition) is 10. The van der Waals surface area contributed by atoms with Crippen LogP contribution in [0.25, 0.3) is 0 Å². The molecule has 1 atom stereocenters. The molecule has 0 fully saturated rings. The minimum Gasteiger partial charge on any atom is -0.466 e. The molecule has 10 heteroatoms. The van der Waals surface area contributed by atoms with Gasteiger partial charge in [0.2, 0.25) is 0 Å². The number of ether oxygens (including phenoxy) is 5. The van der Waals surface area contributed by atoms with Gasteiger partial charge in [-0.15, -0.1) is 0 Å². The van der Waals surface area contributed by atoms with E-state index in [0.717, 1.165) is 70.6 Å². The Morgan fingerprint density at radius 1 is 0.533 bits per heavy atom. The molecule has 0 aromatic rings. The van der Waals surface area contributed by atoms with Crippen molar-refractivity contribution < 1.29 is 47.7 Å². The molecule has 0 rings (SSSR count). The number of methoxy groups -OCH3 is 2. The summed E-state index contributed by atoms with van der Waals surface area (Å²) in [6.45, 7) is 5.13. The van der Waals surface area contributed by atoms with Gasteiger partial charge in [-0.1, -0.05) is 88.0 Å². The Hall–Kier alpha value is -4.47. The third-order valence-corrected chi connectivity index (χ3v) is 5.14. The van der Waals surface area contributed by atoms with Gasteiger partial charge in [-0.2, -0.15) is 0 Å².